The predicted octanol–water partition coefficient (Wildman–Crippen LogP) is 3.51. The van der Waals surface area contributed by atoms with Crippen molar-refractivity contribution in [3.63, 3.8) is 0 Å². The summed E-state index contributed by atoms with van der Waals surface area (Å²) in [6.07, 6.45) is 5.63. The molecule has 0 atom stereocenters. The van der Waals surface area contributed by atoms with Gasteiger partial charge in [-0.3, -0.25) is 4.79 Å². The fraction of sp³-hybridized carbons (Fsp3) is 0.533. The molecule has 1 aromatic carbocycles. The summed E-state index contributed by atoms with van der Waals surface area (Å²) >= 11 is 7.77. The van der Waals surface area contributed by atoms with Crippen molar-refractivity contribution in [3.05, 3.63) is 28.2 Å². The van der Waals surface area contributed by atoms with Gasteiger partial charge in [0.25, 0.3) is 5.91 Å². The van der Waals surface area contributed by atoms with Crippen molar-refractivity contribution >= 4 is 34.5 Å². The monoisotopic (exact) mass is 357 g/mol. The van der Waals surface area contributed by atoms with E-state index in [9.17, 15) is 9.90 Å². The number of aliphatic hydroxyl groups is 1. The molecule has 1 fully saturated rings. The second kappa shape index (κ2) is 7.48. The van der Waals surface area contributed by atoms with E-state index in [0.29, 0.717) is 17.0 Å². The van der Waals surface area contributed by atoms with Crippen LogP contribution in [0.4, 0.5) is 0 Å². The Balaban J connectivity index is 2.21. The molecule has 1 saturated carbocycles. The molecule has 20 heavy (non-hydrogen) atoms. The average molecular weight is 358 g/mol. The van der Waals surface area contributed by atoms with Crippen molar-refractivity contribution < 1.29 is 9.90 Å². The molecule has 0 radical (unpaired) electrons. The predicted molar refractivity (Wildman–Crippen MR) is 86.4 cm³/mol. The van der Waals surface area contributed by atoms with Crippen LogP contribution in [0.3, 0.4) is 0 Å². The molecule has 0 aromatic heterocycles. The third-order valence-corrected chi connectivity index (χ3v) is 4.67. The van der Waals surface area contributed by atoms with Crippen LogP contribution in [0.2, 0.25) is 0 Å². The summed E-state index contributed by atoms with van der Waals surface area (Å²) in [4.78, 5) is 15.2. The lowest BCUT2D eigenvalue weighted by atomic mass is 9.93. The van der Waals surface area contributed by atoms with Gasteiger partial charge < -0.3 is 10.0 Å². The zero-order valence-electron chi connectivity index (χ0n) is 11.4. The van der Waals surface area contributed by atoms with Gasteiger partial charge in [0.15, 0.2) is 0 Å². The van der Waals surface area contributed by atoms with Crippen LogP contribution in [0.15, 0.2) is 27.6 Å². The van der Waals surface area contributed by atoms with Crippen molar-refractivity contribution in [1.29, 1.82) is 0 Å². The maximum absolute atomic E-state index is 12.7. The van der Waals surface area contributed by atoms with Gasteiger partial charge in [0.1, 0.15) is 0 Å². The molecule has 2 rings (SSSR count). The molecule has 0 bridgehead atoms. The van der Waals surface area contributed by atoms with Gasteiger partial charge in [-0.25, -0.2) is 0 Å². The summed E-state index contributed by atoms with van der Waals surface area (Å²) in [5.74, 6) is -0.0246. The van der Waals surface area contributed by atoms with Gasteiger partial charge in [-0.05, 0) is 31.0 Å². The largest absolute Gasteiger partial charge is 0.395 e. The molecule has 0 spiro atoms. The maximum Gasteiger partial charge on any atom is 0.255 e. The van der Waals surface area contributed by atoms with E-state index in [2.05, 4.69) is 28.6 Å². The normalized spacial score (nSPS) is 16.1. The number of nitrogens with zero attached hydrogens (tertiary/aromatic N) is 1. The third kappa shape index (κ3) is 3.77. The fourth-order valence-corrected chi connectivity index (χ4v) is 3.64. The van der Waals surface area contributed by atoms with Crippen LogP contribution >= 0.6 is 28.6 Å². The number of rotatable bonds is 4. The smallest absolute Gasteiger partial charge is 0.255 e. The number of carbonyl (C=O) groups excluding carboxylic acids is 1. The van der Waals surface area contributed by atoms with Crippen LogP contribution in [0, 0.1) is 0 Å². The topological polar surface area (TPSA) is 40.5 Å². The first-order valence-electron chi connectivity index (χ1n) is 7.04. The lowest BCUT2D eigenvalue weighted by Gasteiger charge is -2.34. The van der Waals surface area contributed by atoms with E-state index in [-0.39, 0.29) is 18.6 Å². The Labute approximate surface area is 133 Å². The molecule has 3 nitrogen and oxygen atoms in total. The van der Waals surface area contributed by atoms with Gasteiger partial charge in [0.05, 0.1) is 12.2 Å². The van der Waals surface area contributed by atoms with Crippen molar-refractivity contribution in [1.82, 2.24) is 4.90 Å². The summed E-state index contributed by atoms with van der Waals surface area (Å²) in [5, 5.41) is 9.26. The molecule has 0 heterocycles. The summed E-state index contributed by atoms with van der Waals surface area (Å²) in [6.45, 7) is 0.396. The summed E-state index contributed by atoms with van der Waals surface area (Å²) < 4.78 is 0.908. The second-order valence-corrected chi connectivity index (χ2v) is 6.57. The highest BCUT2D eigenvalue weighted by molar-refractivity contribution is 9.10. The Kier molecular flexibility index (Phi) is 5.93. The zero-order valence-corrected chi connectivity index (χ0v) is 13.9. The lowest BCUT2D eigenvalue weighted by molar-refractivity contribution is 0.0582. The first-order chi connectivity index (χ1) is 9.63. The number of hydrogen-bond acceptors (Lipinski definition) is 3. The second-order valence-electron chi connectivity index (χ2n) is 5.18. The molecule has 0 aliphatic heterocycles. The summed E-state index contributed by atoms with van der Waals surface area (Å²) in [6, 6.07) is 5.72. The number of thiol groups is 1. The molecule has 5 heteroatoms. The standard InChI is InChI=1S/C15H20BrNO2S/c16-11-6-7-13(14(20)10-11)15(19)17(8-9-18)12-4-2-1-3-5-12/h6-7,10,12,18,20H,1-5,8-9H2. The Hall–Kier alpha value is -0.520. The minimum absolute atomic E-state index is 0.000667. The lowest BCUT2D eigenvalue weighted by Crippen LogP contribution is -2.43. The molecule has 0 unspecified atom stereocenters. The van der Waals surface area contributed by atoms with Crippen molar-refractivity contribution in [2.24, 2.45) is 0 Å². The molecule has 1 aliphatic rings. The first kappa shape index (κ1) is 15.9. The molecule has 1 aromatic rings. The molecule has 110 valence electrons. The number of aliphatic hydroxyl groups excluding tert-OH is 1. The maximum atomic E-state index is 12.7. The quantitative estimate of drug-likeness (QED) is 0.809. The third-order valence-electron chi connectivity index (χ3n) is 3.81. The summed E-state index contributed by atoms with van der Waals surface area (Å²) in [7, 11) is 0. The van der Waals surface area contributed by atoms with E-state index in [1.165, 1.54) is 6.42 Å². The average Bonchev–Trinajstić information content (AvgIpc) is 2.45. The van der Waals surface area contributed by atoms with Gasteiger partial charge in [0, 0.05) is 22.0 Å². The van der Waals surface area contributed by atoms with Crippen molar-refractivity contribution in [2.75, 3.05) is 13.2 Å². The Morgan fingerprint density at radius 2 is 2.05 bits per heavy atom. The zero-order chi connectivity index (χ0) is 14.5. The van der Waals surface area contributed by atoms with Gasteiger partial charge in [-0.15, -0.1) is 12.6 Å². The van der Waals surface area contributed by atoms with Gasteiger partial charge in [-0.2, -0.15) is 0 Å². The van der Waals surface area contributed by atoms with E-state index in [0.717, 1.165) is 30.2 Å². The van der Waals surface area contributed by atoms with Crippen LogP contribution in [0.25, 0.3) is 0 Å². The van der Waals surface area contributed by atoms with Crippen molar-refractivity contribution in [3.8, 4) is 0 Å². The number of halogens is 1. The van der Waals surface area contributed by atoms with E-state index in [1.54, 1.807) is 6.07 Å². The highest BCUT2D eigenvalue weighted by atomic mass is 79.9. The molecule has 1 N–H and O–H groups in total. The minimum Gasteiger partial charge on any atom is -0.395 e. The van der Waals surface area contributed by atoms with E-state index < -0.39 is 0 Å². The number of benzene rings is 1. The van der Waals surface area contributed by atoms with Crippen LogP contribution in [0.1, 0.15) is 42.5 Å². The number of carbonyl (C=O) groups is 1. The SMILES string of the molecule is O=C(c1ccc(Br)cc1S)N(CCO)C1CCCCC1. The molecule has 0 saturated heterocycles. The van der Waals surface area contributed by atoms with E-state index >= 15 is 0 Å². The van der Waals surface area contributed by atoms with Crippen LogP contribution in [0.5, 0.6) is 0 Å². The minimum atomic E-state index is -0.0246. The van der Waals surface area contributed by atoms with Crippen LogP contribution in [-0.2, 0) is 0 Å². The molecular formula is C15H20BrNO2S. The van der Waals surface area contributed by atoms with Crippen LogP contribution in [-0.4, -0.2) is 35.1 Å². The van der Waals surface area contributed by atoms with E-state index in [4.69, 9.17) is 0 Å². The Morgan fingerprint density at radius 1 is 1.35 bits per heavy atom. The van der Waals surface area contributed by atoms with Crippen molar-refractivity contribution in [2.45, 2.75) is 43.0 Å². The van der Waals surface area contributed by atoms with E-state index in [1.807, 2.05) is 17.0 Å². The number of amides is 1. The first-order valence-corrected chi connectivity index (χ1v) is 8.28. The highest BCUT2D eigenvalue weighted by Gasteiger charge is 2.26. The van der Waals surface area contributed by atoms with Gasteiger partial charge in [0.2, 0.25) is 0 Å². The molecule has 1 aliphatic carbocycles. The number of hydrogen-bond donors (Lipinski definition) is 2. The fourth-order valence-electron chi connectivity index (χ4n) is 2.79. The summed E-state index contributed by atoms with van der Waals surface area (Å²) in [5.41, 5.74) is 0.607. The Morgan fingerprint density at radius 3 is 2.65 bits per heavy atom. The van der Waals surface area contributed by atoms with Crippen LogP contribution < -0.4 is 0 Å². The Bertz CT molecular complexity index is 475. The molecule has 1 amide bonds. The highest BCUT2D eigenvalue weighted by Crippen LogP contribution is 2.26. The van der Waals surface area contributed by atoms with Gasteiger partial charge in [-0.1, -0.05) is 35.2 Å². The molecular weight excluding hydrogens is 338 g/mol. The van der Waals surface area contributed by atoms with Gasteiger partial charge >= 0.3 is 0 Å².